The molecule has 0 unspecified atom stereocenters. The number of phenols is 1. The van der Waals surface area contributed by atoms with Crippen molar-refractivity contribution < 1.29 is 33.8 Å². The van der Waals surface area contributed by atoms with Crippen LogP contribution in [0.15, 0.2) is 84.9 Å². The highest BCUT2D eigenvalue weighted by Crippen LogP contribution is 2.11. The highest BCUT2D eigenvalue weighted by molar-refractivity contribution is 5.99. The number of phenolic OH excluding ortho intramolecular Hbond substituents is 1. The minimum absolute atomic E-state index is 0.0875. The highest BCUT2D eigenvalue weighted by atomic mass is 16.6. The summed E-state index contributed by atoms with van der Waals surface area (Å²) in [6, 6.07) is 19.8. The Kier molecular flexibility index (Phi) is 11.1. The maximum absolute atomic E-state index is 13.1. The van der Waals surface area contributed by atoms with Crippen LogP contribution in [0.25, 0.3) is 0 Å². The predicted octanol–water partition coefficient (Wildman–Crippen LogP) is 0.994. The van der Waals surface area contributed by atoms with Gasteiger partial charge in [0.05, 0.1) is 18.2 Å². The summed E-state index contributed by atoms with van der Waals surface area (Å²) in [6.45, 7) is 0.916. The Bertz CT molecular complexity index is 1350. The first kappa shape index (κ1) is 30.5. The van der Waals surface area contributed by atoms with Gasteiger partial charge in [0, 0.05) is 6.42 Å². The van der Waals surface area contributed by atoms with E-state index in [2.05, 4.69) is 16.0 Å². The van der Waals surface area contributed by atoms with Crippen molar-refractivity contribution in [3.8, 4) is 5.75 Å². The number of amides is 3. The minimum Gasteiger partial charge on any atom is -0.508 e. The van der Waals surface area contributed by atoms with Gasteiger partial charge in [0.25, 0.3) is 0 Å². The third-order valence-corrected chi connectivity index (χ3v) is 6.00. The van der Waals surface area contributed by atoms with E-state index in [-0.39, 0.29) is 24.2 Å². The van der Waals surface area contributed by atoms with E-state index >= 15 is 0 Å². The molecule has 0 saturated heterocycles. The van der Waals surface area contributed by atoms with Gasteiger partial charge in [0.1, 0.15) is 17.8 Å². The molecule has 0 aliphatic rings. The molecule has 0 saturated carbocycles. The molecule has 3 aromatic carbocycles. The Morgan fingerprint density at radius 3 is 2.00 bits per heavy atom. The number of nitrogens with one attached hydrogen (secondary N) is 3. The topological polar surface area (TPSA) is 177 Å². The summed E-state index contributed by atoms with van der Waals surface area (Å²) in [5, 5.41) is 16.9. The fourth-order valence-electron chi connectivity index (χ4n) is 3.77. The molecule has 11 nitrogen and oxygen atoms in total. The largest absolute Gasteiger partial charge is 0.508 e. The van der Waals surface area contributed by atoms with Crippen LogP contribution in [0.4, 0.5) is 0 Å². The molecule has 0 bridgehead atoms. The maximum atomic E-state index is 13.1. The Labute approximate surface area is 237 Å². The molecule has 11 heteroatoms. The van der Waals surface area contributed by atoms with Crippen LogP contribution >= 0.6 is 0 Å². The van der Waals surface area contributed by atoms with Crippen LogP contribution in [-0.4, -0.2) is 59.4 Å². The van der Waals surface area contributed by atoms with Gasteiger partial charge in [-0.15, -0.1) is 0 Å². The van der Waals surface area contributed by atoms with Crippen LogP contribution in [0.2, 0.25) is 0 Å². The fourth-order valence-corrected chi connectivity index (χ4v) is 3.77. The van der Waals surface area contributed by atoms with Crippen molar-refractivity contribution >= 4 is 29.7 Å². The van der Waals surface area contributed by atoms with Crippen molar-refractivity contribution in [2.75, 3.05) is 6.54 Å². The zero-order chi connectivity index (χ0) is 29.8. The van der Waals surface area contributed by atoms with E-state index in [1.807, 2.05) is 0 Å². The van der Waals surface area contributed by atoms with Crippen molar-refractivity contribution in [2.24, 2.45) is 5.73 Å². The first-order chi connectivity index (χ1) is 19.6. The van der Waals surface area contributed by atoms with Crippen LogP contribution in [0.1, 0.15) is 28.4 Å². The predicted molar refractivity (Wildman–Crippen MR) is 149 cm³/mol. The number of esters is 2. The SMILES string of the molecule is C[C@H](NC(=O)[C@H](Cc1ccccc1)NC(=O)CNC(=O)[C@@H](N)Cc1ccc(O)cc1)C(=O)OC(=O)c1ccccc1. The monoisotopic (exact) mass is 560 g/mol. The molecule has 214 valence electrons. The molecule has 3 rings (SSSR count). The first-order valence-corrected chi connectivity index (χ1v) is 12.9. The van der Waals surface area contributed by atoms with Crippen LogP contribution in [0.3, 0.4) is 0 Å². The van der Waals surface area contributed by atoms with E-state index in [4.69, 9.17) is 10.5 Å². The van der Waals surface area contributed by atoms with Crippen molar-refractivity contribution in [3.63, 3.8) is 0 Å². The number of hydrogen-bond donors (Lipinski definition) is 5. The van der Waals surface area contributed by atoms with Crippen molar-refractivity contribution in [2.45, 2.75) is 37.9 Å². The van der Waals surface area contributed by atoms with E-state index in [1.165, 1.54) is 31.2 Å². The smallest absolute Gasteiger partial charge is 0.345 e. The second kappa shape index (κ2) is 14.9. The number of aromatic hydroxyl groups is 1. The number of carbonyl (C=O) groups is 5. The van der Waals surface area contributed by atoms with E-state index in [9.17, 15) is 29.1 Å². The summed E-state index contributed by atoms with van der Waals surface area (Å²) in [4.78, 5) is 62.8. The van der Waals surface area contributed by atoms with Crippen LogP contribution in [0.5, 0.6) is 5.75 Å². The van der Waals surface area contributed by atoms with Crippen LogP contribution < -0.4 is 21.7 Å². The van der Waals surface area contributed by atoms with Crippen LogP contribution in [0, 0.1) is 0 Å². The van der Waals surface area contributed by atoms with E-state index in [0.717, 1.165) is 11.1 Å². The normalized spacial score (nSPS) is 12.7. The molecule has 0 radical (unpaired) electrons. The number of hydrogen-bond acceptors (Lipinski definition) is 8. The van der Waals surface area contributed by atoms with Gasteiger partial charge in [-0.05, 0) is 48.7 Å². The van der Waals surface area contributed by atoms with E-state index in [0.29, 0.717) is 0 Å². The average molecular weight is 561 g/mol. The number of ether oxygens (including phenoxy) is 1. The molecule has 0 aromatic heterocycles. The van der Waals surface area contributed by atoms with Gasteiger partial charge < -0.3 is 31.5 Å². The molecule has 0 aliphatic carbocycles. The lowest BCUT2D eigenvalue weighted by Crippen LogP contribution is -2.54. The summed E-state index contributed by atoms with van der Waals surface area (Å²) in [5.74, 6) is -3.65. The highest BCUT2D eigenvalue weighted by Gasteiger charge is 2.27. The lowest BCUT2D eigenvalue weighted by atomic mass is 10.0. The minimum atomic E-state index is -1.19. The van der Waals surface area contributed by atoms with E-state index in [1.54, 1.807) is 60.7 Å². The third-order valence-electron chi connectivity index (χ3n) is 6.00. The Morgan fingerprint density at radius 1 is 0.780 bits per heavy atom. The molecule has 3 aromatic rings. The Balaban J connectivity index is 1.57. The fraction of sp³-hybridized carbons (Fsp3) is 0.233. The zero-order valence-corrected chi connectivity index (χ0v) is 22.4. The molecule has 3 amide bonds. The molecule has 0 fully saturated rings. The number of rotatable bonds is 12. The quantitative estimate of drug-likeness (QED) is 0.161. The summed E-state index contributed by atoms with van der Waals surface area (Å²) >= 11 is 0. The lowest BCUT2D eigenvalue weighted by molar-refractivity contribution is -0.142. The van der Waals surface area contributed by atoms with Crippen molar-refractivity contribution in [1.82, 2.24) is 16.0 Å². The van der Waals surface area contributed by atoms with Gasteiger partial charge in [0.15, 0.2) is 0 Å². The van der Waals surface area contributed by atoms with Gasteiger partial charge in [-0.3, -0.25) is 14.4 Å². The maximum Gasteiger partial charge on any atom is 0.345 e. The standard InChI is InChI=1S/C30H32N4O7/c1-19(29(39)41-30(40)22-10-6-3-7-11-22)33-28(38)25(17-20-8-4-2-5-9-20)34-26(36)18-32-27(37)24(31)16-21-12-14-23(35)15-13-21/h2-15,19,24-25,35H,16-18,31H2,1H3,(H,32,37)(H,33,38)(H,34,36)/t19-,24-,25-/m0/s1. The molecule has 6 N–H and O–H groups in total. The van der Waals surface area contributed by atoms with E-state index < -0.39 is 54.3 Å². The summed E-state index contributed by atoms with van der Waals surface area (Å²) < 4.78 is 4.86. The molecular weight excluding hydrogens is 528 g/mol. The third kappa shape index (κ3) is 9.90. The van der Waals surface area contributed by atoms with Crippen molar-refractivity contribution in [3.05, 3.63) is 102 Å². The Morgan fingerprint density at radius 2 is 1.37 bits per heavy atom. The van der Waals surface area contributed by atoms with Crippen LogP contribution in [-0.2, 0) is 36.8 Å². The summed E-state index contributed by atoms with van der Waals surface area (Å²) in [7, 11) is 0. The first-order valence-electron chi connectivity index (χ1n) is 12.9. The molecule has 41 heavy (non-hydrogen) atoms. The molecule has 0 heterocycles. The molecule has 0 aliphatic heterocycles. The number of carbonyl (C=O) groups excluding carboxylic acids is 5. The summed E-state index contributed by atoms with van der Waals surface area (Å²) in [6.07, 6.45) is 0.283. The molecule has 0 spiro atoms. The second-order valence-electron chi connectivity index (χ2n) is 9.31. The lowest BCUT2D eigenvalue weighted by Gasteiger charge is -2.21. The zero-order valence-electron chi connectivity index (χ0n) is 22.4. The number of benzene rings is 3. The van der Waals surface area contributed by atoms with Crippen molar-refractivity contribution in [1.29, 1.82) is 0 Å². The Hall–Kier alpha value is -5.03. The molecular formula is C30H32N4O7. The number of nitrogens with two attached hydrogens (primary N) is 1. The van der Waals surface area contributed by atoms with Gasteiger partial charge in [-0.25, -0.2) is 9.59 Å². The second-order valence-corrected chi connectivity index (χ2v) is 9.31. The van der Waals surface area contributed by atoms with Gasteiger partial charge in [-0.1, -0.05) is 60.7 Å². The molecule has 3 atom stereocenters. The van der Waals surface area contributed by atoms with Gasteiger partial charge in [-0.2, -0.15) is 0 Å². The summed E-state index contributed by atoms with van der Waals surface area (Å²) in [5.41, 5.74) is 7.59. The average Bonchev–Trinajstić information content (AvgIpc) is 2.97. The van der Waals surface area contributed by atoms with Gasteiger partial charge >= 0.3 is 11.9 Å². The van der Waals surface area contributed by atoms with Gasteiger partial charge in [0.2, 0.25) is 17.7 Å².